The van der Waals surface area contributed by atoms with Crippen molar-refractivity contribution in [2.45, 2.75) is 26.2 Å². The van der Waals surface area contributed by atoms with Gasteiger partial charge in [-0.25, -0.2) is 0 Å². The molecule has 0 radical (unpaired) electrons. The number of nitrogens with two attached hydrogens (primary N) is 1. The van der Waals surface area contributed by atoms with Crippen LogP contribution >= 0.6 is 0 Å². The molecule has 2 N–H and O–H groups in total. The van der Waals surface area contributed by atoms with Gasteiger partial charge in [0.1, 0.15) is 24.7 Å². The molecule has 0 amide bonds. The van der Waals surface area contributed by atoms with E-state index in [1.165, 1.54) is 0 Å². The Bertz CT molecular complexity index is 506. The number of benzene rings is 1. The number of ether oxygens (including phenoxy) is 2. The largest absolute Gasteiger partial charge is 0.487 e. The predicted octanol–water partition coefficient (Wildman–Crippen LogP) is 2.42. The molecule has 0 saturated heterocycles. The molecule has 1 atom stereocenters. The molecular weight excluding hydrogens is 244 g/mol. The summed E-state index contributed by atoms with van der Waals surface area (Å²) in [4.78, 5) is 0. The zero-order chi connectivity index (χ0) is 13.7. The molecule has 2 aromatic rings. The fraction of sp³-hybridized carbons (Fsp3) is 0.357. The van der Waals surface area contributed by atoms with Crippen molar-refractivity contribution < 1.29 is 14.0 Å². The van der Waals surface area contributed by atoms with Crippen molar-refractivity contribution in [2.75, 3.05) is 7.11 Å². The maximum absolute atomic E-state index is 5.78. The van der Waals surface area contributed by atoms with Gasteiger partial charge in [-0.2, -0.15) is 0 Å². The van der Waals surface area contributed by atoms with Crippen LogP contribution < -0.4 is 10.5 Å². The zero-order valence-corrected chi connectivity index (χ0v) is 11.1. The van der Waals surface area contributed by atoms with E-state index in [2.05, 4.69) is 5.16 Å². The molecule has 0 aliphatic carbocycles. The fourth-order valence-electron chi connectivity index (χ4n) is 1.66. The summed E-state index contributed by atoms with van der Waals surface area (Å²) >= 11 is 0. The van der Waals surface area contributed by atoms with Crippen LogP contribution in [0.2, 0.25) is 0 Å². The van der Waals surface area contributed by atoms with Crippen LogP contribution in [-0.2, 0) is 18.0 Å². The molecule has 0 unspecified atom stereocenters. The van der Waals surface area contributed by atoms with E-state index in [0.29, 0.717) is 19.0 Å². The smallest absolute Gasteiger partial charge is 0.162 e. The van der Waals surface area contributed by atoms with Gasteiger partial charge in [-0.05, 0) is 24.6 Å². The standard InChI is InChI=1S/C14H18N2O3/c1-10(15)11-3-5-13(6-4-11)18-8-12-7-14(9-17-2)19-16-12/h3-7,10H,8-9,15H2,1-2H3/t10-/m0/s1. The lowest BCUT2D eigenvalue weighted by atomic mass is 10.1. The first-order valence-corrected chi connectivity index (χ1v) is 6.11. The van der Waals surface area contributed by atoms with Crippen LogP contribution in [0.5, 0.6) is 5.75 Å². The summed E-state index contributed by atoms with van der Waals surface area (Å²) in [7, 11) is 1.61. The van der Waals surface area contributed by atoms with Crippen LogP contribution in [0.25, 0.3) is 0 Å². The van der Waals surface area contributed by atoms with Gasteiger partial charge >= 0.3 is 0 Å². The van der Waals surface area contributed by atoms with Gasteiger partial charge in [0.05, 0.1) is 0 Å². The maximum Gasteiger partial charge on any atom is 0.162 e. The van der Waals surface area contributed by atoms with Gasteiger partial charge in [0.2, 0.25) is 0 Å². The van der Waals surface area contributed by atoms with Crippen molar-refractivity contribution in [1.82, 2.24) is 5.16 Å². The molecule has 2 rings (SSSR count). The summed E-state index contributed by atoms with van der Waals surface area (Å²) in [6.45, 7) is 2.73. The van der Waals surface area contributed by atoms with E-state index in [1.807, 2.05) is 37.3 Å². The Balaban J connectivity index is 1.90. The van der Waals surface area contributed by atoms with Crippen molar-refractivity contribution >= 4 is 0 Å². The number of rotatable bonds is 6. The minimum Gasteiger partial charge on any atom is -0.487 e. The lowest BCUT2D eigenvalue weighted by Crippen LogP contribution is -2.04. The summed E-state index contributed by atoms with van der Waals surface area (Å²) in [5.74, 6) is 1.47. The van der Waals surface area contributed by atoms with Gasteiger partial charge in [-0.15, -0.1) is 0 Å². The third-order valence-electron chi connectivity index (χ3n) is 2.69. The van der Waals surface area contributed by atoms with Crippen molar-refractivity contribution in [3.05, 3.63) is 47.3 Å². The van der Waals surface area contributed by atoms with Crippen LogP contribution in [0.1, 0.15) is 30.0 Å². The molecule has 0 spiro atoms. The fourth-order valence-corrected chi connectivity index (χ4v) is 1.66. The van der Waals surface area contributed by atoms with Crippen LogP contribution in [-0.4, -0.2) is 12.3 Å². The SMILES string of the molecule is COCc1cc(COc2ccc([C@H](C)N)cc2)no1. The van der Waals surface area contributed by atoms with Crippen LogP contribution in [0.3, 0.4) is 0 Å². The quantitative estimate of drug-likeness (QED) is 0.865. The van der Waals surface area contributed by atoms with E-state index in [-0.39, 0.29) is 6.04 Å². The first-order chi connectivity index (χ1) is 9.19. The Morgan fingerprint density at radius 2 is 2.00 bits per heavy atom. The number of hydrogen-bond donors (Lipinski definition) is 1. The maximum atomic E-state index is 5.78. The number of hydrogen-bond acceptors (Lipinski definition) is 5. The highest BCUT2D eigenvalue weighted by molar-refractivity contribution is 5.28. The van der Waals surface area contributed by atoms with Crippen molar-refractivity contribution in [2.24, 2.45) is 5.73 Å². The summed E-state index contributed by atoms with van der Waals surface area (Å²) in [5.41, 5.74) is 7.60. The molecule has 0 fully saturated rings. The average Bonchev–Trinajstić information content (AvgIpc) is 2.85. The Morgan fingerprint density at radius 3 is 2.63 bits per heavy atom. The second-order valence-corrected chi connectivity index (χ2v) is 4.36. The van der Waals surface area contributed by atoms with E-state index >= 15 is 0 Å². The molecule has 102 valence electrons. The normalized spacial score (nSPS) is 12.4. The highest BCUT2D eigenvalue weighted by Gasteiger charge is 2.05. The van der Waals surface area contributed by atoms with E-state index < -0.39 is 0 Å². The van der Waals surface area contributed by atoms with E-state index in [0.717, 1.165) is 17.0 Å². The van der Waals surface area contributed by atoms with Crippen molar-refractivity contribution in [3.63, 3.8) is 0 Å². The van der Waals surface area contributed by atoms with Crippen LogP contribution in [0.4, 0.5) is 0 Å². The molecule has 1 heterocycles. The highest BCUT2D eigenvalue weighted by Crippen LogP contribution is 2.17. The Labute approximate surface area is 112 Å². The molecule has 0 aliphatic heterocycles. The molecule has 5 nitrogen and oxygen atoms in total. The molecule has 0 saturated carbocycles. The zero-order valence-electron chi connectivity index (χ0n) is 11.1. The van der Waals surface area contributed by atoms with Gasteiger partial charge in [-0.3, -0.25) is 0 Å². The third kappa shape index (κ3) is 3.81. The van der Waals surface area contributed by atoms with E-state index in [4.69, 9.17) is 19.7 Å². The lowest BCUT2D eigenvalue weighted by Gasteiger charge is -2.07. The van der Waals surface area contributed by atoms with Gasteiger partial charge < -0.3 is 19.7 Å². The number of methoxy groups -OCH3 is 1. The molecule has 1 aromatic heterocycles. The van der Waals surface area contributed by atoms with Gasteiger partial charge in [0.25, 0.3) is 0 Å². The van der Waals surface area contributed by atoms with Crippen LogP contribution in [0, 0.1) is 0 Å². The second-order valence-electron chi connectivity index (χ2n) is 4.36. The lowest BCUT2D eigenvalue weighted by molar-refractivity contribution is 0.155. The summed E-state index contributed by atoms with van der Waals surface area (Å²) in [5, 5.41) is 3.90. The average molecular weight is 262 g/mol. The van der Waals surface area contributed by atoms with E-state index in [9.17, 15) is 0 Å². The Morgan fingerprint density at radius 1 is 1.26 bits per heavy atom. The molecule has 5 heteroatoms. The summed E-state index contributed by atoms with van der Waals surface area (Å²) in [6, 6.07) is 9.56. The molecular formula is C14H18N2O3. The third-order valence-corrected chi connectivity index (χ3v) is 2.69. The van der Waals surface area contributed by atoms with E-state index in [1.54, 1.807) is 7.11 Å². The molecule has 19 heavy (non-hydrogen) atoms. The first-order valence-electron chi connectivity index (χ1n) is 6.11. The minimum atomic E-state index is 0.0289. The van der Waals surface area contributed by atoms with Crippen molar-refractivity contribution in [3.8, 4) is 5.75 Å². The Kier molecular flexibility index (Phi) is 4.54. The summed E-state index contributed by atoms with van der Waals surface area (Å²) in [6.07, 6.45) is 0. The minimum absolute atomic E-state index is 0.0289. The second kappa shape index (κ2) is 6.36. The highest BCUT2D eigenvalue weighted by atomic mass is 16.5. The van der Waals surface area contributed by atoms with Gasteiger partial charge in [0, 0.05) is 19.2 Å². The van der Waals surface area contributed by atoms with Gasteiger partial charge in [0.15, 0.2) is 5.76 Å². The van der Waals surface area contributed by atoms with Crippen molar-refractivity contribution in [1.29, 1.82) is 0 Å². The predicted molar refractivity (Wildman–Crippen MR) is 70.6 cm³/mol. The molecule has 0 aliphatic rings. The number of aromatic nitrogens is 1. The first kappa shape index (κ1) is 13.6. The molecule has 0 bridgehead atoms. The monoisotopic (exact) mass is 262 g/mol. The number of nitrogens with zero attached hydrogens (tertiary/aromatic N) is 1. The Hall–Kier alpha value is -1.85. The van der Waals surface area contributed by atoms with Gasteiger partial charge in [-0.1, -0.05) is 17.3 Å². The topological polar surface area (TPSA) is 70.5 Å². The molecule has 1 aromatic carbocycles. The summed E-state index contributed by atoms with van der Waals surface area (Å²) < 4.78 is 15.6. The van der Waals surface area contributed by atoms with Crippen LogP contribution in [0.15, 0.2) is 34.9 Å².